The molecule has 3 N–H and O–H groups in total. The van der Waals surface area contributed by atoms with Gasteiger partial charge in [-0.15, -0.1) is 12.4 Å². The molecule has 0 saturated carbocycles. The number of carbonyl (C=O) groups is 1. The molecule has 0 spiro atoms. The topological polar surface area (TPSA) is 103 Å². The van der Waals surface area contributed by atoms with Crippen LogP contribution in [-0.2, 0) is 4.79 Å². The number of hydrogen-bond donors (Lipinski definition) is 2. The van der Waals surface area contributed by atoms with Gasteiger partial charge in [-0.05, 0) is 50.1 Å². The number of benzene rings is 2. The molecule has 0 bridgehead atoms. The zero-order valence-electron chi connectivity index (χ0n) is 18.6. The number of hydrogen-bond acceptors (Lipinski definition) is 7. The summed E-state index contributed by atoms with van der Waals surface area (Å²) in [4.78, 5) is 22.3. The number of halogens is 3. The molecular weight excluding hydrogens is 529 g/mol. The summed E-state index contributed by atoms with van der Waals surface area (Å²) in [6.07, 6.45) is 3.95. The normalized spacial score (nSPS) is 15.7. The van der Waals surface area contributed by atoms with Gasteiger partial charge in [0.15, 0.2) is 11.5 Å². The number of rotatable bonds is 9. The Morgan fingerprint density at radius 3 is 2.85 bits per heavy atom. The van der Waals surface area contributed by atoms with Crippen LogP contribution in [0.5, 0.6) is 11.5 Å². The van der Waals surface area contributed by atoms with Crippen LogP contribution >= 0.6 is 28.3 Å². The molecule has 1 amide bonds. The van der Waals surface area contributed by atoms with Gasteiger partial charge in [-0.2, -0.15) is 0 Å². The van der Waals surface area contributed by atoms with E-state index in [2.05, 4.69) is 36.1 Å². The maximum Gasteiger partial charge on any atom is 0.234 e. The second-order valence-corrected chi connectivity index (χ2v) is 8.71. The van der Waals surface area contributed by atoms with Crippen LogP contribution in [0.25, 0.3) is 10.9 Å². The maximum absolute atomic E-state index is 14.3. The van der Waals surface area contributed by atoms with Gasteiger partial charge in [-0.1, -0.05) is 15.9 Å². The van der Waals surface area contributed by atoms with Crippen molar-refractivity contribution in [1.82, 2.24) is 14.9 Å². The van der Waals surface area contributed by atoms with Crippen LogP contribution in [0, 0.1) is 5.82 Å². The van der Waals surface area contributed by atoms with E-state index in [9.17, 15) is 9.18 Å². The van der Waals surface area contributed by atoms with Gasteiger partial charge < -0.3 is 20.5 Å². The number of likely N-dealkylation sites (tertiary alicyclic amines) is 1. The Morgan fingerprint density at radius 1 is 1.29 bits per heavy atom. The second kappa shape index (κ2) is 11.6. The van der Waals surface area contributed by atoms with Crippen molar-refractivity contribution in [3.8, 4) is 11.5 Å². The highest BCUT2D eigenvalue weighted by atomic mass is 79.9. The van der Waals surface area contributed by atoms with E-state index in [4.69, 9.17) is 15.2 Å². The van der Waals surface area contributed by atoms with Crippen LogP contribution < -0.4 is 20.5 Å². The average Bonchev–Trinajstić information content (AvgIpc) is 3.27. The van der Waals surface area contributed by atoms with Gasteiger partial charge in [-0.3, -0.25) is 9.69 Å². The number of nitrogens with one attached hydrogen (secondary N) is 1. The third-order valence-corrected chi connectivity index (χ3v) is 6.14. The lowest BCUT2D eigenvalue weighted by Crippen LogP contribution is -2.40. The average molecular weight is 555 g/mol. The minimum atomic E-state index is -0.403. The van der Waals surface area contributed by atoms with Crippen LogP contribution in [0.3, 0.4) is 0 Å². The lowest BCUT2D eigenvalue weighted by atomic mass is 10.2. The summed E-state index contributed by atoms with van der Waals surface area (Å²) < 4.78 is 26.4. The Balaban J connectivity index is 0.00000324. The molecule has 1 saturated heterocycles. The first-order valence-corrected chi connectivity index (χ1v) is 11.5. The Morgan fingerprint density at radius 2 is 2.12 bits per heavy atom. The van der Waals surface area contributed by atoms with E-state index < -0.39 is 5.82 Å². The SMILES string of the molecule is COc1cc2c(Nc3ccc(Br)cc3F)ncnc2cc1OCCCN1CCCC1C(N)=O.Cl. The minimum Gasteiger partial charge on any atom is -0.493 e. The van der Waals surface area contributed by atoms with Crippen molar-refractivity contribution >= 4 is 56.7 Å². The van der Waals surface area contributed by atoms with Crippen molar-refractivity contribution in [3.63, 3.8) is 0 Å². The molecule has 1 aliphatic rings. The van der Waals surface area contributed by atoms with Crippen LogP contribution in [0.2, 0.25) is 0 Å². The Kier molecular flexibility index (Phi) is 8.87. The van der Waals surface area contributed by atoms with E-state index in [0.717, 1.165) is 32.4 Å². The van der Waals surface area contributed by atoms with Gasteiger partial charge in [-0.25, -0.2) is 14.4 Å². The lowest BCUT2D eigenvalue weighted by molar-refractivity contribution is -0.122. The highest BCUT2D eigenvalue weighted by Gasteiger charge is 2.28. The minimum absolute atomic E-state index is 0. The summed E-state index contributed by atoms with van der Waals surface area (Å²) in [5.41, 5.74) is 6.41. The van der Waals surface area contributed by atoms with Crippen molar-refractivity contribution in [2.45, 2.75) is 25.3 Å². The molecule has 11 heteroatoms. The van der Waals surface area contributed by atoms with E-state index in [1.165, 1.54) is 12.4 Å². The fraction of sp³-hybridized carbons (Fsp3) is 0.348. The molecule has 1 fully saturated rings. The number of fused-ring (bicyclic) bond motifs is 1. The van der Waals surface area contributed by atoms with Crippen molar-refractivity contribution in [2.75, 3.05) is 32.1 Å². The standard InChI is InChI=1S/C23H25BrFN5O3.ClH/c1-32-20-11-15-18(27-13-28-23(15)29-17-6-5-14(24)10-16(17)25)12-21(20)33-9-3-8-30-7-2-4-19(30)22(26)31;/h5-6,10-13,19H,2-4,7-9H2,1H3,(H2,26,31)(H,27,28,29);1H. The molecule has 3 aromatic rings. The lowest BCUT2D eigenvalue weighted by Gasteiger charge is -2.21. The molecule has 1 aliphatic heterocycles. The molecule has 0 radical (unpaired) electrons. The zero-order chi connectivity index (χ0) is 23.4. The van der Waals surface area contributed by atoms with E-state index in [1.54, 1.807) is 31.4 Å². The number of carbonyl (C=O) groups excluding carboxylic acids is 1. The van der Waals surface area contributed by atoms with Crippen molar-refractivity contribution in [1.29, 1.82) is 0 Å². The summed E-state index contributed by atoms with van der Waals surface area (Å²) in [6, 6.07) is 8.12. The van der Waals surface area contributed by atoms with Crippen LogP contribution in [0.15, 0.2) is 41.1 Å². The number of methoxy groups -OCH3 is 1. The number of amides is 1. The number of primary amides is 1. The molecule has 1 atom stereocenters. The number of nitrogens with two attached hydrogens (primary N) is 1. The van der Waals surface area contributed by atoms with Gasteiger partial charge in [0.05, 0.1) is 31.0 Å². The van der Waals surface area contributed by atoms with Crippen LogP contribution in [0.1, 0.15) is 19.3 Å². The molecule has 182 valence electrons. The third kappa shape index (κ3) is 5.86. The molecule has 8 nitrogen and oxygen atoms in total. The Bertz CT molecular complexity index is 1170. The summed E-state index contributed by atoms with van der Waals surface area (Å²) >= 11 is 3.26. The molecule has 2 heterocycles. The molecule has 34 heavy (non-hydrogen) atoms. The van der Waals surface area contributed by atoms with Gasteiger partial charge in [0.25, 0.3) is 0 Å². The first-order valence-electron chi connectivity index (χ1n) is 10.7. The Hall–Kier alpha value is -2.69. The number of aromatic nitrogens is 2. The zero-order valence-corrected chi connectivity index (χ0v) is 21.0. The van der Waals surface area contributed by atoms with E-state index >= 15 is 0 Å². The van der Waals surface area contributed by atoms with Crippen molar-refractivity contribution in [3.05, 3.63) is 46.9 Å². The summed E-state index contributed by atoms with van der Waals surface area (Å²) in [6.45, 7) is 2.06. The largest absolute Gasteiger partial charge is 0.493 e. The van der Waals surface area contributed by atoms with Crippen molar-refractivity contribution in [2.24, 2.45) is 5.73 Å². The molecule has 1 unspecified atom stereocenters. The molecule has 0 aliphatic carbocycles. The first kappa shape index (κ1) is 25.9. The quantitative estimate of drug-likeness (QED) is 0.377. The van der Waals surface area contributed by atoms with E-state index in [1.807, 2.05) is 0 Å². The first-order chi connectivity index (χ1) is 16.0. The number of ether oxygens (including phenoxy) is 2. The van der Waals surface area contributed by atoms with Gasteiger partial charge in [0, 0.05) is 22.5 Å². The van der Waals surface area contributed by atoms with Gasteiger partial charge in [0.2, 0.25) is 5.91 Å². The maximum atomic E-state index is 14.3. The van der Waals surface area contributed by atoms with Crippen molar-refractivity contribution < 1.29 is 18.7 Å². The summed E-state index contributed by atoms with van der Waals surface area (Å²) in [5, 5.41) is 3.70. The fourth-order valence-corrected chi connectivity index (χ4v) is 4.35. The molecule has 4 rings (SSSR count). The molecule has 1 aromatic heterocycles. The highest BCUT2D eigenvalue weighted by Crippen LogP contribution is 2.35. The summed E-state index contributed by atoms with van der Waals surface area (Å²) in [7, 11) is 1.56. The predicted octanol–water partition coefficient (Wildman–Crippen LogP) is 4.42. The smallest absolute Gasteiger partial charge is 0.234 e. The van der Waals surface area contributed by atoms with Crippen LogP contribution in [0.4, 0.5) is 15.9 Å². The monoisotopic (exact) mass is 553 g/mol. The molecule has 2 aromatic carbocycles. The van der Waals surface area contributed by atoms with E-state index in [0.29, 0.717) is 45.0 Å². The Labute approximate surface area is 211 Å². The fourth-order valence-electron chi connectivity index (χ4n) is 4.02. The van der Waals surface area contributed by atoms with Crippen LogP contribution in [-0.4, -0.2) is 53.6 Å². The van der Waals surface area contributed by atoms with Gasteiger partial charge in [0.1, 0.15) is 18.0 Å². The van der Waals surface area contributed by atoms with E-state index in [-0.39, 0.29) is 24.4 Å². The summed E-state index contributed by atoms with van der Waals surface area (Å²) in [5.74, 6) is 0.860. The van der Waals surface area contributed by atoms with Gasteiger partial charge >= 0.3 is 0 Å². The third-order valence-electron chi connectivity index (χ3n) is 5.64. The number of nitrogens with zero attached hydrogens (tertiary/aromatic N) is 3. The number of anilines is 2. The molecular formula is C23H26BrClFN5O3. The predicted molar refractivity (Wildman–Crippen MR) is 135 cm³/mol. The second-order valence-electron chi connectivity index (χ2n) is 7.79. The highest BCUT2D eigenvalue weighted by molar-refractivity contribution is 9.10.